The first-order chi connectivity index (χ1) is 9.28. The highest BCUT2D eigenvalue weighted by atomic mass is 16.5. The summed E-state index contributed by atoms with van der Waals surface area (Å²) in [6.45, 7) is 1.03. The van der Waals surface area contributed by atoms with Crippen LogP contribution in [0.15, 0.2) is 30.3 Å². The van der Waals surface area contributed by atoms with Gasteiger partial charge in [-0.05, 0) is 12.1 Å². The lowest BCUT2D eigenvalue weighted by molar-refractivity contribution is 0.332. The van der Waals surface area contributed by atoms with Crippen molar-refractivity contribution < 1.29 is 9.47 Å². The third-order valence-corrected chi connectivity index (χ3v) is 2.21. The third kappa shape index (κ3) is 3.98. The molecular weight excluding hydrogens is 246 g/mol. The molecule has 2 rings (SSSR count). The van der Waals surface area contributed by atoms with E-state index in [0.717, 1.165) is 5.75 Å². The molecule has 7 heteroatoms. The molecule has 0 aliphatic rings. The normalized spacial score (nSPS) is 9.95. The smallest absolute Gasteiger partial charge is 0.322 e. The van der Waals surface area contributed by atoms with E-state index >= 15 is 0 Å². The number of ether oxygens (including phenoxy) is 2. The molecule has 0 atom stereocenters. The number of rotatable bonds is 6. The second-order valence-electron chi connectivity index (χ2n) is 3.59. The van der Waals surface area contributed by atoms with Crippen molar-refractivity contribution >= 4 is 11.9 Å². The molecule has 0 spiro atoms. The molecule has 0 unspecified atom stereocenters. The van der Waals surface area contributed by atoms with Crippen molar-refractivity contribution in [3.05, 3.63) is 30.3 Å². The molecule has 0 fully saturated rings. The summed E-state index contributed by atoms with van der Waals surface area (Å²) >= 11 is 0. The maximum absolute atomic E-state index is 5.52. The SMILES string of the molecule is COc1nc(N)nc(NCCOc2ccccc2)n1. The van der Waals surface area contributed by atoms with Gasteiger partial charge in [-0.25, -0.2) is 0 Å². The van der Waals surface area contributed by atoms with Gasteiger partial charge in [0, 0.05) is 0 Å². The van der Waals surface area contributed by atoms with E-state index in [2.05, 4.69) is 20.3 Å². The Bertz CT molecular complexity index is 521. The Balaban J connectivity index is 1.81. The van der Waals surface area contributed by atoms with E-state index in [1.54, 1.807) is 0 Å². The topological polar surface area (TPSA) is 95.2 Å². The molecule has 0 aliphatic heterocycles. The van der Waals surface area contributed by atoms with Crippen LogP contribution in [0.5, 0.6) is 11.8 Å². The van der Waals surface area contributed by atoms with Gasteiger partial charge in [0.05, 0.1) is 13.7 Å². The van der Waals surface area contributed by atoms with Crippen molar-refractivity contribution in [3.63, 3.8) is 0 Å². The number of hydrogen-bond acceptors (Lipinski definition) is 7. The zero-order valence-electron chi connectivity index (χ0n) is 10.5. The van der Waals surface area contributed by atoms with Gasteiger partial charge in [0.25, 0.3) is 0 Å². The highest BCUT2D eigenvalue weighted by Crippen LogP contribution is 2.09. The van der Waals surface area contributed by atoms with Crippen molar-refractivity contribution in [2.24, 2.45) is 0 Å². The fraction of sp³-hybridized carbons (Fsp3) is 0.250. The quantitative estimate of drug-likeness (QED) is 0.747. The molecule has 19 heavy (non-hydrogen) atoms. The highest BCUT2D eigenvalue weighted by Gasteiger charge is 2.03. The van der Waals surface area contributed by atoms with Crippen molar-refractivity contribution in [3.8, 4) is 11.8 Å². The summed E-state index contributed by atoms with van der Waals surface area (Å²) in [5, 5.41) is 2.98. The molecule has 0 radical (unpaired) electrons. The first-order valence-corrected chi connectivity index (χ1v) is 5.75. The summed E-state index contributed by atoms with van der Waals surface area (Å²) in [6, 6.07) is 9.73. The minimum atomic E-state index is 0.110. The van der Waals surface area contributed by atoms with E-state index in [9.17, 15) is 0 Å². The first-order valence-electron chi connectivity index (χ1n) is 5.75. The van der Waals surface area contributed by atoms with Gasteiger partial charge in [0.2, 0.25) is 11.9 Å². The number of benzene rings is 1. The number of hydrogen-bond donors (Lipinski definition) is 2. The van der Waals surface area contributed by atoms with Crippen LogP contribution in [-0.4, -0.2) is 35.2 Å². The lowest BCUT2D eigenvalue weighted by Crippen LogP contribution is -2.14. The number of nitrogens with one attached hydrogen (secondary N) is 1. The molecule has 7 nitrogen and oxygen atoms in total. The second-order valence-corrected chi connectivity index (χ2v) is 3.59. The van der Waals surface area contributed by atoms with Gasteiger partial charge in [-0.15, -0.1) is 0 Å². The standard InChI is InChI=1S/C12H15N5O2/c1-18-12-16-10(13)15-11(17-12)14-7-8-19-9-5-3-2-4-6-9/h2-6H,7-8H2,1H3,(H3,13,14,15,16,17). The van der Waals surface area contributed by atoms with Gasteiger partial charge in [-0.2, -0.15) is 15.0 Å². The number of nitrogens with two attached hydrogens (primary N) is 1. The Hall–Kier alpha value is -2.57. The van der Waals surface area contributed by atoms with Crippen LogP contribution in [0.2, 0.25) is 0 Å². The maximum atomic E-state index is 5.52. The Morgan fingerprint density at radius 1 is 1.16 bits per heavy atom. The van der Waals surface area contributed by atoms with Gasteiger partial charge in [0.1, 0.15) is 12.4 Å². The van der Waals surface area contributed by atoms with E-state index < -0.39 is 0 Å². The molecular formula is C12H15N5O2. The average molecular weight is 261 g/mol. The van der Waals surface area contributed by atoms with Gasteiger partial charge >= 0.3 is 6.01 Å². The van der Waals surface area contributed by atoms with E-state index in [4.69, 9.17) is 15.2 Å². The molecule has 0 saturated heterocycles. The third-order valence-electron chi connectivity index (χ3n) is 2.21. The number of methoxy groups -OCH3 is 1. The zero-order valence-corrected chi connectivity index (χ0v) is 10.5. The fourth-order valence-electron chi connectivity index (χ4n) is 1.39. The van der Waals surface area contributed by atoms with Crippen LogP contribution in [0.25, 0.3) is 0 Å². The molecule has 0 saturated carbocycles. The molecule has 1 aromatic carbocycles. The van der Waals surface area contributed by atoms with Crippen LogP contribution in [0, 0.1) is 0 Å². The molecule has 100 valence electrons. The number of para-hydroxylation sites is 1. The van der Waals surface area contributed by atoms with Crippen molar-refractivity contribution in [2.75, 3.05) is 31.3 Å². The number of aromatic nitrogens is 3. The fourth-order valence-corrected chi connectivity index (χ4v) is 1.39. The summed E-state index contributed by atoms with van der Waals surface area (Å²) < 4.78 is 10.4. The van der Waals surface area contributed by atoms with E-state index in [1.165, 1.54) is 7.11 Å². The number of anilines is 2. The van der Waals surface area contributed by atoms with Crippen LogP contribution < -0.4 is 20.5 Å². The van der Waals surface area contributed by atoms with Crippen LogP contribution >= 0.6 is 0 Å². The Kier molecular flexibility index (Phi) is 4.33. The second kappa shape index (κ2) is 6.39. The van der Waals surface area contributed by atoms with Crippen molar-refractivity contribution in [1.29, 1.82) is 0 Å². The first kappa shape index (κ1) is 12.9. The van der Waals surface area contributed by atoms with Crippen LogP contribution in [0.4, 0.5) is 11.9 Å². The van der Waals surface area contributed by atoms with Gasteiger partial charge in [-0.1, -0.05) is 18.2 Å². The molecule has 0 amide bonds. The monoisotopic (exact) mass is 261 g/mol. The van der Waals surface area contributed by atoms with Crippen LogP contribution in [0.3, 0.4) is 0 Å². The van der Waals surface area contributed by atoms with E-state index in [-0.39, 0.29) is 12.0 Å². The molecule has 3 N–H and O–H groups in total. The summed E-state index contributed by atoms with van der Waals surface area (Å²) in [6.07, 6.45) is 0. The van der Waals surface area contributed by atoms with E-state index in [0.29, 0.717) is 19.1 Å². The van der Waals surface area contributed by atoms with Crippen LogP contribution in [0.1, 0.15) is 0 Å². The minimum Gasteiger partial charge on any atom is -0.492 e. The lowest BCUT2D eigenvalue weighted by atomic mass is 10.3. The predicted octanol–water partition coefficient (Wildman–Crippen LogP) is 0.953. The summed E-state index contributed by atoms with van der Waals surface area (Å²) in [5.41, 5.74) is 5.52. The summed E-state index contributed by atoms with van der Waals surface area (Å²) in [7, 11) is 1.47. The predicted molar refractivity (Wildman–Crippen MR) is 71.2 cm³/mol. The van der Waals surface area contributed by atoms with Crippen molar-refractivity contribution in [2.45, 2.75) is 0 Å². The summed E-state index contributed by atoms with van der Waals surface area (Å²) in [4.78, 5) is 11.7. The summed E-state index contributed by atoms with van der Waals surface area (Å²) in [5.74, 6) is 1.29. The number of nitrogens with zero attached hydrogens (tertiary/aromatic N) is 3. The average Bonchev–Trinajstić information content (AvgIpc) is 2.44. The molecule has 1 heterocycles. The van der Waals surface area contributed by atoms with Gasteiger partial charge in [0.15, 0.2) is 0 Å². The Morgan fingerprint density at radius 2 is 1.95 bits per heavy atom. The Labute approximate surface area is 110 Å². The zero-order chi connectivity index (χ0) is 13.5. The van der Waals surface area contributed by atoms with Crippen LogP contribution in [-0.2, 0) is 0 Å². The van der Waals surface area contributed by atoms with Gasteiger partial charge < -0.3 is 20.5 Å². The highest BCUT2D eigenvalue weighted by molar-refractivity contribution is 5.32. The maximum Gasteiger partial charge on any atom is 0.322 e. The Morgan fingerprint density at radius 3 is 2.68 bits per heavy atom. The number of nitrogen functional groups attached to an aromatic ring is 1. The van der Waals surface area contributed by atoms with Gasteiger partial charge in [-0.3, -0.25) is 0 Å². The largest absolute Gasteiger partial charge is 0.492 e. The molecule has 1 aromatic heterocycles. The minimum absolute atomic E-state index is 0.110. The van der Waals surface area contributed by atoms with Crippen molar-refractivity contribution in [1.82, 2.24) is 15.0 Å². The lowest BCUT2D eigenvalue weighted by Gasteiger charge is -2.08. The molecule has 0 bridgehead atoms. The molecule has 0 aliphatic carbocycles. The molecule has 2 aromatic rings. The van der Waals surface area contributed by atoms with E-state index in [1.807, 2.05) is 30.3 Å².